The lowest BCUT2D eigenvalue weighted by Crippen LogP contribution is -2.42. The van der Waals surface area contributed by atoms with Crippen molar-refractivity contribution < 1.29 is 4.79 Å². The highest BCUT2D eigenvalue weighted by molar-refractivity contribution is 9.11. The van der Waals surface area contributed by atoms with Gasteiger partial charge in [-0.25, -0.2) is 0 Å². The van der Waals surface area contributed by atoms with Crippen molar-refractivity contribution in [2.24, 2.45) is 5.73 Å². The van der Waals surface area contributed by atoms with Gasteiger partial charge in [-0.15, -0.1) is 0 Å². The fraction of sp³-hybridized carbons (Fsp3) is 0.417. The van der Waals surface area contributed by atoms with E-state index in [-0.39, 0.29) is 11.9 Å². The first-order chi connectivity index (χ1) is 8.08. The van der Waals surface area contributed by atoms with Gasteiger partial charge < -0.3 is 10.6 Å². The molecule has 1 saturated heterocycles. The number of carbonyl (C=O) groups is 1. The molecule has 0 unspecified atom stereocenters. The Labute approximate surface area is 118 Å². The predicted molar refractivity (Wildman–Crippen MR) is 75.0 cm³/mol. The normalized spacial score (nSPS) is 17.2. The third-order valence-corrected chi connectivity index (χ3v) is 4.17. The van der Waals surface area contributed by atoms with Crippen molar-refractivity contribution in [1.29, 1.82) is 0 Å². The second-order valence-corrected chi connectivity index (χ2v) is 6.02. The number of benzene rings is 1. The van der Waals surface area contributed by atoms with Crippen LogP contribution in [0.2, 0.25) is 0 Å². The highest BCUT2D eigenvalue weighted by Gasteiger charge is 2.23. The number of hydrogen-bond acceptors (Lipinski definition) is 2. The molecule has 0 spiro atoms. The first-order valence-corrected chi connectivity index (χ1v) is 7.16. The lowest BCUT2D eigenvalue weighted by atomic mass is 10.0. The number of nitrogens with two attached hydrogens (primary N) is 1. The van der Waals surface area contributed by atoms with Gasteiger partial charge in [-0.05, 0) is 47.0 Å². The quantitative estimate of drug-likeness (QED) is 0.835. The monoisotopic (exact) mass is 360 g/mol. The molecule has 3 nitrogen and oxygen atoms in total. The van der Waals surface area contributed by atoms with Crippen LogP contribution in [0.4, 0.5) is 0 Å². The Hall–Kier alpha value is -0.390. The molecule has 1 aromatic rings. The van der Waals surface area contributed by atoms with E-state index in [1.807, 2.05) is 23.1 Å². The minimum atomic E-state index is 0.0741. The molecule has 92 valence electrons. The molecule has 2 N–H and O–H groups in total. The van der Waals surface area contributed by atoms with Gasteiger partial charge in [0, 0.05) is 28.1 Å². The van der Waals surface area contributed by atoms with E-state index in [0.29, 0.717) is 5.56 Å². The molecular weight excluding hydrogens is 348 g/mol. The van der Waals surface area contributed by atoms with Gasteiger partial charge in [-0.3, -0.25) is 4.79 Å². The maximum Gasteiger partial charge on any atom is 0.255 e. The molecule has 1 amide bonds. The number of nitrogens with zero attached hydrogens (tertiary/aromatic N) is 1. The van der Waals surface area contributed by atoms with E-state index in [1.54, 1.807) is 0 Å². The Balaban J connectivity index is 2.16. The second kappa shape index (κ2) is 5.50. The van der Waals surface area contributed by atoms with Gasteiger partial charge in [0.15, 0.2) is 0 Å². The van der Waals surface area contributed by atoms with Gasteiger partial charge in [-0.1, -0.05) is 15.9 Å². The minimum Gasteiger partial charge on any atom is -0.338 e. The third kappa shape index (κ3) is 3.09. The predicted octanol–water partition coefficient (Wildman–Crippen LogP) is 2.77. The van der Waals surface area contributed by atoms with Crippen LogP contribution in [-0.4, -0.2) is 29.9 Å². The number of rotatable bonds is 1. The van der Waals surface area contributed by atoms with Crippen LogP contribution in [0.25, 0.3) is 0 Å². The molecule has 17 heavy (non-hydrogen) atoms. The van der Waals surface area contributed by atoms with Crippen LogP contribution in [0.15, 0.2) is 27.1 Å². The van der Waals surface area contributed by atoms with E-state index in [0.717, 1.165) is 34.9 Å². The first-order valence-electron chi connectivity index (χ1n) is 5.58. The zero-order chi connectivity index (χ0) is 12.4. The lowest BCUT2D eigenvalue weighted by Gasteiger charge is -2.30. The van der Waals surface area contributed by atoms with Crippen molar-refractivity contribution >= 4 is 37.8 Å². The van der Waals surface area contributed by atoms with Crippen LogP contribution in [-0.2, 0) is 0 Å². The summed E-state index contributed by atoms with van der Waals surface area (Å²) < 4.78 is 1.75. The Morgan fingerprint density at radius 1 is 1.29 bits per heavy atom. The number of piperidine rings is 1. The van der Waals surface area contributed by atoms with E-state index < -0.39 is 0 Å². The summed E-state index contributed by atoms with van der Waals surface area (Å²) in [5, 5.41) is 0. The summed E-state index contributed by atoms with van der Waals surface area (Å²) in [6, 6.07) is 5.88. The van der Waals surface area contributed by atoms with Gasteiger partial charge in [0.1, 0.15) is 0 Å². The standard InChI is InChI=1S/C12H14Br2N2O/c13-8-1-2-11(14)10(7-8)12(17)16-5-3-9(15)4-6-16/h1-2,7,9H,3-6,15H2. The number of hydrogen-bond donors (Lipinski definition) is 1. The molecule has 1 fully saturated rings. The zero-order valence-electron chi connectivity index (χ0n) is 9.33. The SMILES string of the molecule is NC1CCN(C(=O)c2cc(Br)ccc2Br)CC1. The van der Waals surface area contributed by atoms with Crippen LogP contribution in [0.1, 0.15) is 23.2 Å². The summed E-state index contributed by atoms with van der Waals surface area (Å²) in [7, 11) is 0. The Kier molecular flexibility index (Phi) is 4.22. The van der Waals surface area contributed by atoms with Gasteiger partial charge in [0.2, 0.25) is 0 Å². The highest BCUT2D eigenvalue weighted by Crippen LogP contribution is 2.24. The molecule has 2 rings (SSSR count). The molecule has 0 aliphatic carbocycles. The molecular formula is C12H14Br2N2O. The highest BCUT2D eigenvalue weighted by atomic mass is 79.9. The number of carbonyl (C=O) groups excluding carboxylic acids is 1. The second-order valence-electron chi connectivity index (χ2n) is 4.25. The number of amides is 1. The number of likely N-dealkylation sites (tertiary alicyclic amines) is 1. The summed E-state index contributed by atoms with van der Waals surface area (Å²) in [5.74, 6) is 0.0741. The molecule has 1 heterocycles. The Bertz CT molecular complexity index is 429. The van der Waals surface area contributed by atoms with Crippen molar-refractivity contribution in [3.05, 3.63) is 32.7 Å². The van der Waals surface area contributed by atoms with Crippen molar-refractivity contribution in [2.75, 3.05) is 13.1 Å². The maximum absolute atomic E-state index is 12.3. The Morgan fingerprint density at radius 3 is 2.59 bits per heavy atom. The van der Waals surface area contributed by atoms with Crippen LogP contribution >= 0.6 is 31.9 Å². The smallest absolute Gasteiger partial charge is 0.255 e. The lowest BCUT2D eigenvalue weighted by molar-refractivity contribution is 0.0714. The summed E-state index contributed by atoms with van der Waals surface area (Å²) >= 11 is 6.80. The molecule has 0 atom stereocenters. The fourth-order valence-electron chi connectivity index (χ4n) is 1.93. The molecule has 1 aromatic carbocycles. The van der Waals surface area contributed by atoms with E-state index in [9.17, 15) is 4.79 Å². The molecule has 0 aromatic heterocycles. The van der Waals surface area contributed by atoms with Crippen LogP contribution < -0.4 is 5.73 Å². The summed E-state index contributed by atoms with van der Waals surface area (Å²) in [5.41, 5.74) is 6.54. The van der Waals surface area contributed by atoms with E-state index in [4.69, 9.17) is 5.73 Å². The van der Waals surface area contributed by atoms with Crippen molar-refractivity contribution in [3.63, 3.8) is 0 Å². The van der Waals surface area contributed by atoms with Crippen molar-refractivity contribution in [2.45, 2.75) is 18.9 Å². The van der Waals surface area contributed by atoms with Gasteiger partial charge >= 0.3 is 0 Å². The average molecular weight is 362 g/mol. The van der Waals surface area contributed by atoms with Gasteiger partial charge in [-0.2, -0.15) is 0 Å². The zero-order valence-corrected chi connectivity index (χ0v) is 12.5. The van der Waals surface area contributed by atoms with Gasteiger partial charge in [0.05, 0.1) is 5.56 Å². The van der Waals surface area contributed by atoms with Crippen molar-refractivity contribution in [3.8, 4) is 0 Å². The van der Waals surface area contributed by atoms with E-state index in [1.165, 1.54) is 0 Å². The molecule has 1 aliphatic rings. The largest absolute Gasteiger partial charge is 0.338 e. The fourth-order valence-corrected chi connectivity index (χ4v) is 2.71. The van der Waals surface area contributed by atoms with E-state index >= 15 is 0 Å². The number of halogens is 2. The van der Waals surface area contributed by atoms with Crippen LogP contribution in [0.5, 0.6) is 0 Å². The Morgan fingerprint density at radius 2 is 1.94 bits per heavy atom. The molecule has 1 aliphatic heterocycles. The third-order valence-electron chi connectivity index (χ3n) is 2.99. The van der Waals surface area contributed by atoms with Crippen molar-refractivity contribution in [1.82, 2.24) is 4.90 Å². The van der Waals surface area contributed by atoms with Gasteiger partial charge in [0.25, 0.3) is 5.91 Å². The molecule has 0 radical (unpaired) electrons. The molecule has 0 bridgehead atoms. The molecule has 0 saturated carbocycles. The minimum absolute atomic E-state index is 0.0741. The van der Waals surface area contributed by atoms with Crippen LogP contribution in [0.3, 0.4) is 0 Å². The first kappa shape index (κ1) is 13.1. The average Bonchev–Trinajstić information content (AvgIpc) is 2.32. The van der Waals surface area contributed by atoms with Crippen LogP contribution in [0, 0.1) is 0 Å². The summed E-state index contributed by atoms with van der Waals surface area (Å²) in [4.78, 5) is 14.2. The summed E-state index contributed by atoms with van der Waals surface area (Å²) in [6.07, 6.45) is 1.77. The summed E-state index contributed by atoms with van der Waals surface area (Å²) in [6.45, 7) is 1.50. The maximum atomic E-state index is 12.3. The topological polar surface area (TPSA) is 46.3 Å². The van der Waals surface area contributed by atoms with E-state index in [2.05, 4.69) is 31.9 Å². The molecule has 5 heteroatoms.